The predicted octanol–water partition coefficient (Wildman–Crippen LogP) is 3.90. The van der Waals surface area contributed by atoms with E-state index in [-0.39, 0.29) is 47.2 Å². The summed E-state index contributed by atoms with van der Waals surface area (Å²) in [4.78, 5) is 1.20. The van der Waals surface area contributed by atoms with E-state index in [0.717, 1.165) is 16.4 Å². The highest BCUT2D eigenvalue weighted by atomic mass is 35.5. The molecule has 4 rings (SSSR count). The number of benzene rings is 2. The van der Waals surface area contributed by atoms with E-state index in [1.807, 2.05) is 0 Å². The van der Waals surface area contributed by atoms with Crippen LogP contribution in [0.1, 0.15) is 23.4 Å². The Morgan fingerprint density at radius 1 is 1.14 bits per heavy atom. The molecular formula is C24H24ClF2N5O4S. The maximum Gasteiger partial charge on any atom is 0.242 e. The van der Waals surface area contributed by atoms with Gasteiger partial charge in [0.05, 0.1) is 33.5 Å². The number of hydrogen-bond acceptors (Lipinski definition) is 7. The number of rotatable bonds is 9. The molecule has 1 aliphatic rings. The van der Waals surface area contributed by atoms with Crippen molar-refractivity contribution in [2.75, 3.05) is 18.5 Å². The zero-order chi connectivity index (χ0) is 26.7. The van der Waals surface area contributed by atoms with Crippen LogP contribution < -0.4 is 4.31 Å². The monoisotopic (exact) mass is 551 g/mol. The molecule has 1 aromatic heterocycles. The molecule has 0 amide bonds. The summed E-state index contributed by atoms with van der Waals surface area (Å²) in [6.07, 6.45) is 2.94. The van der Waals surface area contributed by atoms with Crippen molar-refractivity contribution >= 4 is 27.3 Å². The van der Waals surface area contributed by atoms with Crippen LogP contribution >= 0.6 is 11.6 Å². The second-order valence-electron chi connectivity index (χ2n) is 8.18. The number of halogens is 3. The van der Waals surface area contributed by atoms with Crippen LogP contribution in [-0.4, -0.2) is 48.1 Å². The van der Waals surface area contributed by atoms with Gasteiger partial charge in [0.2, 0.25) is 10.0 Å². The molecule has 1 aliphatic carbocycles. The van der Waals surface area contributed by atoms with Crippen LogP contribution in [-0.2, 0) is 39.5 Å². The molecule has 0 radical (unpaired) electrons. The van der Waals surface area contributed by atoms with Gasteiger partial charge in [0.1, 0.15) is 16.9 Å². The molecule has 0 N–H and O–H groups in total. The van der Waals surface area contributed by atoms with Gasteiger partial charge in [0.25, 0.3) is 0 Å². The topological polar surface area (TPSA) is 99.4 Å². The summed E-state index contributed by atoms with van der Waals surface area (Å²) in [5.74, 6) is -0.701. The van der Waals surface area contributed by atoms with Crippen molar-refractivity contribution < 1.29 is 26.7 Å². The fourth-order valence-corrected chi connectivity index (χ4v) is 5.93. The lowest BCUT2D eigenvalue weighted by molar-refractivity contribution is 0.215. The fraction of sp³-hybridized carbons (Fsp3) is 0.292. The molecule has 13 heteroatoms. The van der Waals surface area contributed by atoms with Gasteiger partial charge in [-0.1, -0.05) is 17.7 Å². The van der Waals surface area contributed by atoms with Crippen LogP contribution in [0.2, 0.25) is 5.02 Å². The Bertz CT molecular complexity index is 1460. The van der Waals surface area contributed by atoms with Gasteiger partial charge in [0.15, 0.2) is 17.3 Å². The van der Waals surface area contributed by atoms with E-state index in [2.05, 4.69) is 15.4 Å². The van der Waals surface area contributed by atoms with Crippen molar-refractivity contribution in [1.29, 1.82) is 0 Å². The lowest BCUT2D eigenvalue weighted by Crippen LogP contribution is -2.39. The first-order valence-corrected chi connectivity index (χ1v) is 13.0. The Morgan fingerprint density at radius 3 is 2.46 bits per heavy atom. The second kappa shape index (κ2) is 10.9. The third-order valence-corrected chi connectivity index (χ3v) is 8.09. The maximum absolute atomic E-state index is 14.5. The first-order valence-electron chi connectivity index (χ1n) is 11.1. The van der Waals surface area contributed by atoms with Gasteiger partial charge in [-0.3, -0.25) is 4.31 Å². The van der Waals surface area contributed by atoms with E-state index in [1.54, 1.807) is 13.1 Å². The first-order chi connectivity index (χ1) is 17.6. The molecular weight excluding hydrogens is 528 g/mol. The fourth-order valence-electron chi connectivity index (χ4n) is 4.02. The number of anilines is 1. The summed E-state index contributed by atoms with van der Waals surface area (Å²) < 4.78 is 68.9. The molecule has 0 spiro atoms. The highest BCUT2D eigenvalue weighted by Gasteiger charge is 2.36. The summed E-state index contributed by atoms with van der Waals surface area (Å²) in [6.45, 7) is -0.280. The Hall–Kier alpha value is -3.51. The minimum atomic E-state index is -4.16. The minimum absolute atomic E-state index is 0.105. The van der Waals surface area contributed by atoms with E-state index in [4.69, 9.17) is 21.1 Å². The average molecular weight is 552 g/mol. The van der Waals surface area contributed by atoms with Crippen molar-refractivity contribution in [1.82, 2.24) is 20.2 Å². The third-order valence-electron chi connectivity index (χ3n) is 5.82. The number of allylic oxidation sites excluding steroid dienone is 1. The van der Waals surface area contributed by atoms with Crippen LogP contribution in [0.3, 0.4) is 0 Å². The molecule has 1 atom stereocenters. The SMILES string of the molecule is COC1=CCC(S(=O)(=O)N(Cc2nnn(C)n2)c2ccc(Cl)cc2Cc2c(F)cccc2F)C=C1OC. The van der Waals surface area contributed by atoms with Crippen LogP contribution in [0.15, 0.2) is 60.1 Å². The zero-order valence-corrected chi connectivity index (χ0v) is 21.8. The number of hydrogen-bond donors (Lipinski definition) is 0. The molecule has 0 aliphatic heterocycles. The number of ether oxygens (including phenoxy) is 2. The molecule has 196 valence electrons. The van der Waals surface area contributed by atoms with E-state index >= 15 is 0 Å². The summed E-state index contributed by atoms with van der Waals surface area (Å²) >= 11 is 6.22. The van der Waals surface area contributed by atoms with Gasteiger partial charge >= 0.3 is 0 Å². The van der Waals surface area contributed by atoms with E-state index in [9.17, 15) is 17.2 Å². The Labute approximate surface area is 218 Å². The van der Waals surface area contributed by atoms with E-state index in [1.165, 1.54) is 49.4 Å². The number of sulfonamides is 1. The van der Waals surface area contributed by atoms with Crippen molar-refractivity contribution in [2.24, 2.45) is 7.05 Å². The quantitative estimate of drug-likeness (QED) is 0.397. The molecule has 3 aromatic rings. The average Bonchev–Trinajstić information content (AvgIpc) is 3.29. The highest BCUT2D eigenvalue weighted by Crippen LogP contribution is 2.34. The number of nitrogens with zero attached hydrogens (tertiary/aromatic N) is 5. The highest BCUT2D eigenvalue weighted by molar-refractivity contribution is 7.93. The molecule has 1 unspecified atom stereocenters. The second-order valence-corrected chi connectivity index (χ2v) is 10.7. The zero-order valence-electron chi connectivity index (χ0n) is 20.2. The largest absolute Gasteiger partial charge is 0.493 e. The molecule has 37 heavy (non-hydrogen) atoms. The normalized spacial score (nSPS) is 15.7. The van der Waals surface area contributed by atoms with Crippen LogP contribution in [0.25, 0.3) is 0 Å². The lowest BCUT2D eigenvalue weighted by atomic mass is 10.0. The maximum atomic E-state index is 14.5. The van der Waals surface area contributed by atoms with Crippen LogP contribution in [0, 0.1) is 11.6 Å². The first kappa shape index (κ1) is 26.6. The Balaban J connectivity index is 1.83. The van der Waals surface area contributed by atoms with Gasteiger partial charge in [0, 0.05) is 17.0 Å². The number of aromatic nitrogens is 4. The van der Waals surface area contributed by atoms with Crippen molar-refractivity contribution in [2.45, 2.75) is 24.6 Å². The lowest BCUT2D eigenvalue weighted by Gasteiger charge is -2.30. The van der Waals surface area contributed by atoms with Crippen LogP contribution in [0.5, 0.6) is 0 Å². The van der Waals surface area contributed by atoms with Gasteiger partial charge in [-0.25, -0.2) is 17.2 Å². The molecule has 0 bridgehead atoms. The third kappa shape index (κ3) is 5.59. The number of tetrazole rings is 1. The van der Waals surface area contributed by atoms with Crippen molar-refractivity contribution in [3.05, 3.63) is 93.7 Å². The molecule has 0 saturated carbocycles. The molecule has 0 saturated heterocycles. The number of aryl methyl sites for hydroxylation is 1. The summed E-state index contributed by atoms with van der Waals surface area (Å²) in [6, 6.07) is 8.01. The molecule has 9 nitrogen and oxygen atoms in total. The standard InChI is InChI=1S/C24H24ClF2N5O4S/c1-31-29-24(28-30-31)14-32(37(33,34)17-8-10-22(35-2)23(13-17)36-3)21-9-7-16(25)11-15(21)12-18-19(26)5-4-6-20(18)27/h4-7,9-11,13,17H,8,12,14H2,1-3H3. The van der Waals surface area contributed by atoms with Gasteiger partial charge in [-0.15, -0.1) is 10.2 Å². The summed E-state index contributed by atoms with van der Waals surface area (Å²) in [7, 11) is 0.264. The molecule has 0 fully saturated rings. The van der Waals surface area contributed by atoms with Crippen molar-refractivity contribution in [3.63, 3.8) is 0 Å². The number of methoxy groups -OCH3 is 2. The van der Waals surface area contributed by atoms with E-state index < -0.39 is 26.9 Å². The van der Waals surface area contributed by atoms with E-state index in [0.29, 0.717) is 11.3 Å². The Morgan fingerprint density at radius 2 is 1.84 bits per heavy atom. The Kier molecular flexibility index (Phi) is 7.79. The smallest absolute Gasteiger partial charge is 0.242 e. The van der Waals surface area contributed by atoms with Crippen LogP contribution in [0.4, 0.5) is 14.5 Å². The predicted molar refractivity (Wildman–Crippen MR) is 133 cm³/mol. The van der Waals surface area contributed by atoms with Gasteiger partial charge < -0.3 is 9.47 Å². The van der Waals surface area contributed by atoms with Gasteiger partial charge in [-0.2, -0.15) is 4.80 Å². The molecule has 2 aromatic carbocycles. The minimum Gasteiger partial charge on any atom is -0.493 e. The van der Waals surface area contributed by atoms with Gasteiger partial charge in [-0.05, 0) is 59.7 Å². The summed E-state index contributed by atoms with van der Waals surface area (Å²) in [5, 5.41) is 11.1. The molecule has 1 heterocycles. The summed E-state index contributed by atoms with van der Waals surface area (Å²) in [5.41, 5.74) is 0.255. The van der Waals surface area contributed by atoms with Crippen molar-refractivity contribution in [3.8, 4) is 0 Å².